The summed E-state index contributed by atoms with van der Waals surface area (Å²) >= 11 is 0. The third kappa shape index (κ3) is 3.04. The van der Waals surface area contributed by atoms with Gasteiger partial charge < -0.3 is 15.0 Å². The Morgan fingerprint density at radius 2 is 2.14 bits per heavy atom. The second kappa shape index (κ2) is 5.95. The van der Waals surface area contributed by atoms with Crippen LogP contribution in [0.25, 0.3) is 10.9 Å². The monoisotopic (exact) mass is 292 g/mol. The molecule has 1 heterocycles. The van der Waals surface area contributed by atoms with Crippen molar-refractivity contribution in [2.75, 3.05) is 19.0 Å². The van der Waals surface area contributed by atoms with Crippen LogP contribution in [0.15, 0.2) is 23.0 Å². The van der Waals surface area contributed by atoms with Gasteiger partial charge in [-0.1, -0.05) is 13.8 Å². The van der Waals surface area contributed by atoms with Crippen molar-refractivity contribution in [2.24, 2.45) is 5.92 Å². The number of H-pyrrole nitrogens is 1. The minimum absolute atomic E-state index is 0.142. The summed E-state index contributed by atoms with van der Waals surface area (Å²) in [6, 6.07) is 4.00. The Balaban J connectivity index is 2.73. The molecule has 5 nitrogen and oxygen atoms in total. The van der Waals surface area contributed by atoms with E-state index in [9.17, 15) is 14.0 Å². The zero-order valence-electron chi connectivity index (χ0n) is 12.1. The van der Waals surface area contributed by atoms with Crippen molar-refractivity contribution in [2.45, 2.75) is 13.8 Å². The minimum Gasteiger partial charge on any atom is -0.465 e. The smallest absolute Gasteiger partial charge is 0.345 e. The second-order valence-corrected chi connectivity index (χ2v) is 5.16. The molecule has 2 rings (SSSR count). The summed E-state index contributed by atoms with van der Waals surface area (Å²) in [7, 11) is 1.20. The Labute approximate surface area is 121 Å². The van der Waals surface area contributed by atoms with Gasteiger partial charge in [-0.3, -0.25) is 4.79 Å². The van der Waals surface area contributed by atoms with Gasteiger partial charge in [-0.15, -0.1) is 0 Å². The molecule has 0 spiro atoms. The fourth-order valence-electron chi connectivity index (χ4n) is 2.05. The third-order valence-corrected chi connectivity index (χ3v) is 3.05. The summed E-state index contributed by atoms with van der Waals surface area (Å²) in [5.41, 5.74) is 0.0533. The van der Waals surface area contributed by atoms with Crippen molar-refractivity contribution < 1.29 is 13.9 Å². The lowest BCUT2D eigenvalue weighted by Gasteiger charge is -2.15. The van der Waals surface area contributed by atoms with Crippen LogP contribution in [0.2, 0.25) is 0 Å². The quantitative estimate of drug-likeness (QED) is 0.849. The highest BCUT2D eigenvalue weighted by Crippen LogP contribution is 2.25. The average molecular weight is 292 g/mol. The highest BCUT2D eigenvalue weighted by Gasteiger charge is 2.20. The molecule has 0 saturated heterocycles. The maximum atomic E-state index is 13.5. The molecule has 0 fully saturated rings. The van der Waals surface area contributed by atoms with E-state index in [1.165, 1.54) is 25.3 Å². The summed E-state index contributed by atoms with van der Waals surface area (Å²) in [6.45, 7) is 4.51. The maximum absolute atomic E-state index is 13.5. The number of esters is 1. The number of aromatic nitrogens is 1. The molecular weight excluding hydrogens is 275 g/mol. The molecular formula is C15H17FN2O3. The SMILES string of the molecule is COC(=O)c1c(NCC(C)C)c2cc(F)ccc2[nH]c1=O. The number of fused-ring (bicyclic) bond motifs is 1. The largest absolute Gasteiger partial charge is 0.465 e. The summed E-state index contributed by atoms with van der Waals surface area (Å²) in [5, 5.41) is 3.49. The number of carbonyl (C=O) groups excluding carboxylic acids is 1. The summed E-state index contributed by atoms with van der Waals surface area (Å²) < 4.78 is 18.1. The number of methoxy groups -OCH3 is 1. The van der Waals surface area contributed by atoms with Crippen LogP contribution in [0.4, 0.5) is 10.1 Å². The Morgan fingerprint density at radius 3 is 2.76 bits per heavy atom. The molecule has 0 saturated carbocycles. The fraction of sp³-hybridized carbons (Fsp3) is 0.333. The second-order valence-electron chi connectivity index (χ2n) is 5.16. The van der Waals surface area contributed by atoms with Gasteiger partial charge in [-0.25, -0.2) is 9.18 Å². The molecule has 21 heavy (non-hydrogen) atoms. The molecule has 2 N–H and O–H groups in total. The molecule has 2 aromatic rings. The molecule has 0 aliphatic rings. The molecule has 1 aromatic carbocycles. The average Bonchev–Trinajstić information content (AvgIpc) is 2.44. The third-order valence-electron chi connectivity index (χ3n) is 3.05. The Kier molecular flexibility index (Phi) is 4.26. The van der Waals surface area contributed by atoms with Crippen molar-refractivity contribution in [3.63, 3.8) is 0 Å². The van der Waals surface area contributed by atoms with Crippen molar-refractivity contribution in [1.29, 1.82) is 0 Å². The van der Waals surface area contributed by atoms with Gasteiger partial charge >= 0.3 is 5.97 Å². The predicted molar refractivity (Wildman–Crippen MR) is 79.2 cm³/mol. The highest BCUT2D eigenvalue weighted by atomic mass is 19.1. The molecule has 112 valence electrons. The van der Waals surface area contributed by atoms with Crippen LogP contribution >= 0.6 is 0 Å². The van der Waals surface area contributed by atoms with E-state index in [-0.39, 0.29) is 5.56 Å². The van der Waals surface area contributed by atoms with E-state index in [0.29, 0.717) is 29.1 Å². The van der Waals surface area contributed by atoms with E-state index in [0.717, 1.165) is 0 Å². The van der Waals surface area contributed by atoms with Crippen LogP contribution in [0.5, 0.6) is 0 Å². The van der Waals surface area contributed by atoms with Crippen LogP contribution in [0, 0.1) is 11.7 Å². The van der Waals surface area contributed by atoms with Crippen molar-refractivity contribution in [1.82, 2.24) is 4.98 Å². The van der Waals surface area contributed by atoms with Crippen LogP contribution in [0.1, 0.15) is 24.2 Å². The van der Waals surface area contributed by atoms with E-state index in [4.69, 9.17) is 0 Å². The first kappa shape index (κ1) is 15.0. The number of aromatic amines is 1. The highest BCUT2D eigenvalue weighted by molar-refractivity contribution is 6.04. The summed E-state index contributed by atoms with van der Waals surface area (Å²) in [5.74, 6) is -0.912. The number of halogens is 1. The Hall–Kier alpha value is -2.37. The first-order valence-corrected chi connectivity index (χ1v) is 6.61. The lowest BCUT2D eigenvalue weighted by molar-refractivity contribution is 0.0600. The van der Waals surface area contributed by atoms with E-state index in [1.807, 2.05) is 13.8 Å². The molecule has 0 aliphatic heterocycles. The van der Waals surface area contributed by atoms with Crippen LogP contribution in [-0.4, -0.2) is 24.6 Å². The predicted octanol–water partition coefficient (Wildman–Crippen LogP) is 2.52. The summed E-state index contributed by atoms with van der Waals surface area (Å²) in [6.07, 6.45) is 0. The number of anilines is 1. The molecule has 0 atom stereocenters. The maximum Gasteiger partial charge on any atom is 0.345 e. The first-order chi connectivity index (χ1) is 9.93. The van der Waals surface area contributed by atoms with E-state index >= 15 is 0 Å². The van der Waals surface area contributed by atoms with Gasteiger partial charge in [0.15, 0.2) is 0 Å². The van der Waals surface area contributed by atoms with E-state index < -0.39 is 17.3 Å². The number of carbonyl (C=O) groups is 1. The number of benzene rings is 1. The van der Waals surface area contributed by atoms with Crippen molar-refractivity contribution in [3.05, 3.63) is 39.9 Å². The number of pyridine rings is 1. The number of hydrogen-bond acceptors (Lipinski definition) is 4. The molecule has 0 unspecified atom stereocenters. The molecule has 6 heteroatoms. The zero-order chi connectivity index (χ0) is 15.6. The van der Waals surface area contributed by atoms with Gasteiger partial charge in [-0.05, 0) is 24.1 Å². The summed E-state index contributed by atoms with van der Waals surface area (Å²) in [4.78, 5) is 26.5. The molecule has 1 aromatic heterocycles. The molecule has 0 amide bonds. The first-order valence-electron chi connectivity index (χ1n) is 6.61. The van der Waals surface area contributed by atoms with E-state index in [1.54, 1.807) is 0 Å². The Morgan fingerprint density at radius 1 is 1.43 bits per heavy atom. The van der Waals surface area contributed by atoms with Crippen LogP contribution < -0.4 is 10.9 Å². The van der Waals surface area contributed by atoms with Crippen LogP contribution in [0.3, 0.4) is 0 Å². The topological polar surface area (TPSA) is 71.2 Å². The van der Waals surface area contributed by atoms with Crippen LogP contribution in [-0.2, 0) is 4.74 Å². The van der Waals surface area contributed by atoms with Gasteiger partial charge in [0, 0.05) is 11.9 Å². The van der Waals surface area contributed by atoms with Crippen molar-refractivity contribution >= 4 is 22.6 Å². The minimum atomic E-state index is -0.756. The van der Waals surface area contributed by atoms with Gasteiger partial charge in [0.2, 0.25) is 0 Å². The number of rotatable bonds is 4. The normalized spacial score (nSPS) is 10.9. The van der Waals surface area contributed by atoms with Crippen molar-refractivity contribution in [3.8, 4) is 0 Å². The van der Waals surface area contributed by atoms with Gasteiger partial charge in [0.1, 0.15) is 11.4 Å². The van der Waals surface area contributed by atoms with E-state index in [2.05, 4.69) is 15.0 Å². The lowest BCUT2D eigenvalue weighted by Crippen LogP contribution is -2.23. The van der Waals surface area contributed by atoms with Gasteiger partial charge in [0.25, 0.3) is 5.56 Å². The number of nitrogens with one attached hydrogen (secondary N) is 2. The zero-order valence-corrected chi connectivity index (χ0v) is 12.1. The number of ether oxygens (including phenoxy) is 1. The molecule has 0 bridgehead atoms. The lowest BCUT2D eigenvalue weighted by atomic mass is 10.1. The number of hydrogen-bond donors (Lipinski definition) is 2. The molecule has 0 aliphatic carbocycles. The fourth-order valence-corrected chi connectivity index (χ4v) is 2.05. The molecule has 0 radical (unpaired) electrons. The standard InChI is InChI=1S/C15H17FN2O3/c1-8(2)7-17-13-10-6-9(16)4-5-11(10)18-14(19)12(13)15(20)21-3/h4-6,8H,7H2,1-3H3,(H2,17,18,19). The Bertz CT molecular complexity index is 738. The van der Waals surface area contributed by atoms with Gasteiger partial charge in [-0.2, -0.15) is 0 Å². The van der Waals surface area contributed by atoms with Gasteiger partial charge in [0.05, 0.1) is 18.3 Å².